The summed E-state index contributed by atoms with van der Waals surface area (Å²) in [6.07, 6.45) is 1.11. The van der Waals surface area contributed by atoms with E-state index >= 15 is 0 Å². The fraction of sp³-hybridized carbons (Fsp3) is 0.348. The number of aliphatic carboxylic acids is 1. The summed E-state index contributed by atoms with van der Waals surface area (Å²) in [5.41, 5.74) is 3.07. The Bertz CT molecular complexity index is 1150. The van der Waals surface area contributed by atoms with Gasteiger partial charge in [0.15, 0.2) is 0 Å². The van der Waals surface area contributed by atoms with Crippen molar-refractivity contribution in [3.8, 4) is 6.07 Å². The zero-order valence-corrected chi connectivity index (χ0v) is 18.6. The Morgan fingerprint density at radius 2 is 1.81 bits per heavy atom. The molecule has 1 aliphatic heterocycles. The standard InChI is InChI=1S/C23H25N3O5S/c1-16-2-5-20(14-21(16)25-32(30,31)13-10-22(27)28)23(29)26-11-8-19(9-12-26)18-6-3-17(15-24)4-7-18/h2-7,14,19,25H,8-13H2,1H3,(H,27,28). The third-order valence-corrected chi connectivity index (χ3v) is 6.90. The number of likely N-dealkylation sites (tertiary alicyclic amines) is 1. The van der Waals surface area contributed by atoms with Gasteiger partial charge in [-0.05, 0) is 61.1 Å². The van der Waals surface area contributed by atoms with Crippen LogP contribution in [0, 0.1) is 18.3 Å². The van der Waals surface area contributed by atoms with Gasteiger partial charge in [0, 0.05) is 18.7 Å². The quantitative estimate of drug-likeness (QED) is 0.660. The highest BCUT2D eigenvalue weighted by Crippen LogP contribution is 2.29. The van der Waals surface area contributed by atoms with Crippen LogP contribution in [0.25, 0.3) is 0 Å². The molecule has 0 spiro atoms. The number of carbonyl (C=O) groups is 2. The van der Waals surface area contributed by atoms with Gasteiger partial charge in [0.05, 0.1) is 29.5 Å². The summed E-state index contributed by atoms with van der Waals surface area (Å²) in [4.78, 5) is 25.4. The highest BCUT2D eigenvalue weighted by atomic mass is 32.2. The van der Waals surface area contributed by atoms with Crippen molar-refractivity contribution in [1.82, 2.24) is 4.90 Å². The van der Waals surface area contributed by atoms with Gasteiger partial charge in [0.1, 0.15) is 0 Å². The molecule has 32 heavy (non-hydrogen) atoms. The van der Waals surface area contributed by atoms with Crippen molar-refractivity contribution in [2.75, 3.05) is 23.6 Å². The minimum Gasteiger partial charge on any atom is -0.481 e. The maximum atomic E-state index is 13.0. The number of nitrogens with zero attached hydrogens (tertiary/aromatic N) is 2. The zero-order valence-electron chi connectivity index (χ0n) is 17.7. The van der Waals surface area contributed by atoms with Gasteiger partial charge in [-0.1, -0.05) is 18.2 Å². The number of piperidine rings is 1. The Morgan fingerprint density at radius 1 is 1.16 bits per heavy atom. The second kappa shape index (κ2) is 9.83. The van der Waals surface area contributed by atoms with E-state index in [1.54, 1.807) is 36.1 Å². The van der Waals surface area contributed by atoms with Crippen LogP contribution < -0.4 is 4.72 Å². The Balaban J connectivity index is 1.66. The number of aryl methyl sites for hydroxylation is 1. The first-order valence-corrected chi connectivity index (χ1v) is 12.0. The van der Waals surface area contributed by atoms with Gasteiger partial charge in [-0.3, -0.25) is 14.3 Å². The summed E-state index contributed by atoms with van der Waals surface area (Å²) in [6.45, 7) is 2.88. The summed E-state index contributed by atoms with van der Waals surface area (Å²) in [6, 6.07) is 14.5. The Labute approximate surface area is 187 Å². The molecular weight excluding hydrogens is 430 g/mol. The number of hydrogen-bond acceptors (Lipinski definition) is 5. The maximum absolute atomic E-state index is 13.0. The smallest absolute Gasteiger partial charge is 0.304 e. The third-order valence-electron chi connectivity index (χ3n) is 5.63. The Morgan fingerprint density at radius 3 is 2.41 bits per heavy atom. The van der Waals surface area contributed by atoms with E-state index in [2.05, 4.69) is 10.8 Å². The summed E-state index contributed by atoms with van der Waals surface area (Å²) in [5, 5.41) is 17.7. The molecule has 8 nitrogen and oxygen atoms in total. The zero-order chi connectivity index (χ0) is 23.3. The van der Waals surface area contributed by atoms with E-state index in [0.29, 0.717) is 35.7 Å². The largest absolute Gasteiger partial charge is 0.481 e. The summed E-state index contributed by atoms with van der Waals surface area (Å²) >= 11 is 0. The van der Waals surface area contributed by atoms with E-state index in [4.69, 9.17) is 10.4 Å². The highest BCUT2D eigenvalue weighted by molar-refractivity contribution is 7.92. The van der Waals surface area contributed by atoms with Crippen LogP contribution in [0.3, 0.4) is 0 Å². The molecule has 1 amide bonds. The molecule has 3 rings (SSSR count). The number of rotatable bonds is 7. The molecule has 1 saturated heterocycles. The molecule has 2 aromatic rings. The Kier molecular flexibility index (Phi) is 7.15. The number of sulfonamides is 1. The monoisotopic (exact) mass is 455 g/mol. The van der Waals surface area contributed by atoms with Crippen molar-refractivity contribution < 1.29 is 23.1 Å². The maximum Gasteiger partial charge on any atom is 0.304 e. The average molecular weight is 456 g/mol. The fourth-order valence-corrected chi connectivity index (χ4v) is 4.83. The minimum absolute atomic E-state index is 0.172. The summed E-state index contributed by atoms with van der Waals surface area (Å²) in [5.74, 6) is -1.58. The van der Waals surface area contributed by atoms with Crippen LogP contribution >= 0.6 is 0 Å². The predicted molar refractivity (Wildman–Crippen MR) is 120 cm³/mol. The van der Waals surface area contributed by atoms with Gasteiger partial charge in [-0.25, -0.2) is 8.42 Å². The van der Waals surface area contributed by atoms with Gasteiger partial charge < -0.3 is 10.0 Å². The van der Waals surface area contributed by atoms with Crippen LogP contribution in [0.4, 0.5) is 5.69 Å². The molecule has 0 aliphatic carbocycles. The summed E-state index contributed by atoms with van der Waals surface area (Å²) in [7, 11) is -3.84. The van der Waals surface area contributed by atoms with Crippen LogP contribution in [0.1, 0.15) is 52.2 Å². The van der Waals surface area contributed by atoms with Crippen molar-refractivity contribution >= 4 is 27.6 Å². The van der Waals surface area contributed by atoms with Gasteiger partial charge in [0.25, 0.3) is 5.91 Å². The number of benzene rings is 2. The number of anilines is 1. The van der Waals surface area contributed by atoms with E-state index < -0.39 is 28.2 Å². The van der Waals surface area contributed by atoms with E-state index in [9.17, 15) is 18.0 Å². The van der Waals surface area contributed by atoms with E-state index in [0.717, 1.165) is 18.4 Å². The molecule has 0 radical (unpaired) electrons. The summed E-state index contributed by atoms with van der Waals surface area (Å²) < 4.78 is 26.7. The SMILES string of the molecule is Cc1ccc(C(=O)N2CCC(c3ccc(C#N)cc3)CC2)cc1NS(=O)(=O)CCC(=O)O. The van der Waals surface area contributed by atoms with Gasteiger partial charge in [-0.2, -0.15) is 5.26 Å². The molecule has 1 heterocycles. The van der Waals surface area contributed by atoms with E-state index in [-0.39, 0.29) is 11.6 Å². The van der Waals surface area contributed by atoms with Crippen molar-refractivity contribution in [1.29, 1.82) is 5.26 Å². The van der Waals surface area contributed by atoms with Gasteiger partial charge in [-0.15, -0.1) is 0 Å². The average Bonchev–Trinajstić information content (AvgIpc) is 2.79. The van der Waals surface area contributed by atoms with E-state index in [1.807, 2.05) is 12.1 Å². The third kappa shape index (κ3) is 5.86. The van der Waals surface area contributed by atoms with Crippen molar-refractivity contribution in [2.45, 2.75) is 32.1 Å². The van der Waals surface area contributed by atoms with Gasteiger partial charge >= 0.3 is 5.97 Å². The molecular formula is C23H25N3O5S. The molecule has 2 N–H and O–H groups in total. The van der Waals surface area contributed by atoms with Crippen LogP contribution in [-0.2, 0) is 14.8 Å². The number of carbonyl (C=O) groups excluding carboxylic acids is 1. The number of nitriles is 1. The van der Waals surface area contributed by atoms with E-state index in [1.165, 1.54) is 6.07 Å². The number of nitrogens with one attached hydrogen (secondary N) is 1. The van der Waals surface area contributed by atoms with Crippen LogP contribution in [0.5, 0.6) is 0 Å². The molecule has 0 unspecified atom stereocenters. The molecule has 0 atom stereocenters. The second-order valence-electron chi connectivity index (χ2n) is 7.89. The van der Waals surface area contributed by atoms with Crippen molar-refractivity contribution in [2.24, 2.45) is 0 Å². The first-order valence-electron chi connectivity index (χ1n) is 10.3. The molecule has 0 aromatic heterocycles. The Hall–Kier alpha value is -3.38. The molecule has 0 saturated carbocycles. The number of amides is 1. The predicted octanol–water partition coefficient (Wildman–Crippen LogP) is 3.10. The van der Waals surface area contributed by atoms with Crippen LogP contribution in [-0.4, -0.2) is 49.1 Å². The van der Waals surface area contributed by atoms with Crippen LogP contribution in [0.2, 0.25) is 0 Å². The first-order chi connectivity index (χ1) is 15.2. The number of carboxylic acids is 1. The lowest BCUT2D eigenvalue weighted by Gasteiger charge is -2.32. The topological polar surface area (TPSA) is 128 Å². The lowest BCUT2D eigenvalue weighted by molar-refractivity contribution is -0.136. The molecule has 2 aromatic carbocycles. The molecule has 168 valence electrons. The molecule has 9 heteroatoms. The second-order valence-corrected chi connectivity index (χ2v) is 9.74. The lowest BCUT2D eigenvalue weighted by Crippen LogP contribution is -2.38. The minimum atomic E-state index is -3.84. The van der Waals surface area contributed by atoms with Crippen molar-refractivity contribution in [3.05, 3.63) is 64.7 Å². The fourth-order valence-electron chi connectivity index (χ4n) is 3.73. The normalized spacial score (nSPS) is 14.6. The molecule has 0 bridgehead atoms. The van der Waals surface area contributed by atoms with Gasteiger partial charge in [0.2, 0.25) is 10.0 Å². The van der Waals surface area contributed by atoms with Crippen LogP contribution in [0.15, 0.2) is 42.5 Å². The first kappa shape index (κ1) is 23.3. The molecule has 1 fully saturated rings. The highest BCUT2D eigenvalue weighted by Gasteiger charge is 2.25. The lowest BCUT2D eigenvalue weighted by atomic mass is 9.89. The molecule has 1 aliphatic rings. The van der Waals surface area contributed by atoms with Crippen molar-refractivity contribution in [3.63, 3.8) is 0 Å². The number of hydrogen-bond donors (Lipinski definition) is 2. The number of carboxylic acid groups (broad SMARTS) is 1.